The van der Waals surface area contributed by atoms with E-state index >= 15 is 0 Å². The van der Waals surface area contributed by atoms with Gasteiger partial charge in [0.25, 0.3) is 5.91 Å². The summed E-state index contributed by atoms with van der Waals surface area (Å²) in [7, 11) is 0. The van der Waals surface area contributed by atoms with E-state index < -0.39 is 6.04 Å². The molecule has 29 heavy (non-hydrogen) atoms. The smallest absolute Gasteiger partial charge is 0.255 e. The third kappa shape index (κ3) is 4.34. The average Bonchev–Trinajstić information content (AvgIpc) is 2.99. The van der Waals surface area contributed by atoms with Crippen LogP contribution in [0.4, 0.5) is 0 Å². The van der Waals surface area contributed by atoms with Gasteiger partial charge in [0.1, 0.15) is 6.04 Å². The second-order valence-electron chi connectivity index (χ2n) is 8.45. The minimum absolute atomic E-state index is 0.120. The van der Waals surface area contributed by atoms with Crippen molar-refractivity contribution in [1.82, 2.24) is 20.0 Å². The number of imide groups is 1. The number of nitrogens with one attached hydrogen (secondary N) is 1. The maximum Gasteiger partial charge on any atom is 0.255 e. The summed E-state index contributed by atoms with van der Waals surface area (Å²) in [5.41, 5.74) is 8.71. The van der Waals surface area contributed by atoms with Crippen molar-refractivity contribution < 1.29 is 14.4 Å². The molecule has 8 nitrogen and oxygen atoms in total. The Morgan fingerprint density at radius 2 is 1.86 bits per heavy atom. The van der Waals surface area contributed by atoms with Crippen molar-refractivity contribution in [3.63, 3.8) is 0 Å². The maximum absolute atomic E-state index is 12.8. The Morgan fingerprint density at radius 1 is 1.14 bits per heavy atom. The summed E-state index contributed by atoms with van der Waals surface area (Å²) >= 11 is 0. The van der Waals surface area contributed by atoms with Crippen LogP contribution in [0.3, 0.4) is 0 Å². The molecule has 2 saturated heterocycles. The first-order chi connectivity index (χ1) is 13.9. The molecule has 0 aromatic heterocycles. The Labute approximate surface area is 171 Å². The van der Waals surface area contributed by atoms with Crippen LogP contribution in [-0.2, 0) is 22.7 Å². The molecule has 0 bridgehead atoms. The van der Waals surface area contributed by atoms with E-state index in [1.165, 1.54) is 5.56 Å². The fourth-order valence-corrected chi connectivity index (χ4v) is 4.52. The van der Waals surface area contributed by atoms with Crippen LogP contribution < -0.4 is 11.1 Å². The second kappa shape index (κ2) is 8.22. The van der Waals surface area contributed by atoms with Gasteiger partial charge in [-0.1, -0.05) is 12.1 Å². The molecule has 2 atom stereocenters. The Kier molecular flexibility index (Phi) is 5.67. The molecule has 3 amide bonds. The zero-order valence-corrected chi connectivity index (χ0v) is 16.9. The van der Waals surface area contributed by atoms with Crippen molar-refractivity contribution >= 4 is 17.7 Å². The van der Waals surface area contributed by atoms with Crippen molar-refractivity contribution in [2.75, 3.05) is 32.7 Å². The van der Waals surface area contributed by atoms with Crippen molar-refractivity contribution in [3.05, 3.63) is 34.9 Å². The summed E-state index contributed by atoms with van der Waals surface area (Å²) in [6.45, 7) is 8.31. The zero-order valence-electron chi connectivity index (χ0n) is 16.9. The van der Waals surface area contributed by atoms with E-state index in [0.29, 0.717) is 18.5 Å². The number of hydrogen-bond acceptors (Lipinski definition) is 6. The predicted molar refractivity (Wildman–Crippen MR) is 108 cm³/mol. The summed E-state index contributed by atoms with van der Waals surface area (Å²) in [4.78, 5) is 42.8. The van der Waals surface area contributed by atoms with Gasteiger partial charge in [-0.05, 0) is 30.5 Å². The van der Waals surface area contributed by atoms with Crippen LogP contribution in [-0.4, -0.2) is 77.2 Å². The normalized spacial score (nSPS) is 24.6. The Morgan fingerprint density at radius 3 is 2.55 bits per heavy atom. The maximum atomic E-state index is 12.8. The number of carbonyl (C=O) groups is 3. The Hall–Kier alpha value is -2.29. The van der Waals surface area contributed by atoms with Gasteiger partial charge < -0.3 is 10.6 Å². The molecule has 0 radical (unpaired) electrons. The molecule has 3 heterocycles. The molecular weight excluding hydrogens is 370 g/mol. The zero-order chi connectivity index (χ0) is 20.5. The number of nitrogens with zero attached hydrogens (tertiary/aromatic N) is 3. The minimum atomic E-state index is -0.561. The molecule has 3 aliphatic heterocycles. The molecule has 156 valence electrons. The number of piperazine rings is 1. The first-order valence-corrected chi connectivity index (χ1v) is 10.4. The van der Waals surface area contributed by atoms with Gasteiger partial charge in [0.05, 0.1) is 0 Å². The van der Waals surface area contributed by atoms with E-state index in [4.69, 9.17) is 5.73 Å². The number of fused-ring (bicyclic) bond motifs is 1. The third-order valence-electron chi connectivity index (χ3n) is 6.01. The van der Waals surface area contributed by atoms with Gasteiger partial charge in [0, 0.05) is 63.8 Å². The second-order valence-corrected chi connectivity index (χ2v) is 8.45. The molecule has 1 aromatic carbocycles. The average molecular weight is 399 g/mol. The molecular formula is C21H29N5O3. The SMILES string of the molecule is C[C@H](N)CN1CCN(Cc2ccc3c(c2)CN(C2CCC(=O)NC2=O)C3=O)CC1. The minimum Gasteiger partial charge on any atom is -0.327 e. The number of carbonyl (C=O) groups excluding carboxylic acids is 3. The number of nitrogens with two attached hydrogens (primary N) is 1. The topological polar surface area (TPSA) is 99.0 Å². The lowest BCUT2D eigenvalue weighted by molar-refractivity contribution is -0.136. The van der Waals surface area contributed by atoms with Crippen molar-refractivity contribution in [3.8, 4) is 0 Å². The number of hydrogen-bond donors (Lipinski definition) is 2. The highest BCUT2D eigenvalue weighted by molar-refractivity contribution is 6.05. The lowest BCUT2D eigenvalue weighted by atomic mass is 10.0. The Bertz CT molecular complexity index is 817. The van der Waals surface area contributed by atoms with E-state index in [1.54, 1.807) is 4.90 Å². The molecule has 0 aliphatic carbocycles. The lowest BCUT2D eigenvalue weighted by Gasteiger charge is -2.35. The van der Waals surface area contributed by atoms with E-state index in [-0.39, 0.29) is 30.2 Å². The molecule has 0 saturated carbocycles. The highest BCUT2D eigenvalue weighted by Crippen LogP contribution is 2.28. The van der Waals surface area contributed by atoms with E-state index in [2.05, 4.69) is 21.2 Å². The fourth-order valence-electron chi connectivity index (χ4n) is 4.52. The van der Waals surface area contributed by atoms with Crippen molar-refractivity contribution in [1.29, 1.82) is 0 Å². The highest BCUT2D eigenvalue weighted by atomic mass is 16.2. The van der Waals surface area contributed by atoms with Gasteiger partial charge >= 0.3 is 0 Å². The van der Waals surface area contributed by atoms with Gasteiger partial charge in [0.15, 0.2) is 0 Å². The van der Waals surface area contributed by atoms with Crippen LogP contribution >= 0.6 is 0 Å². The van der Waals surface area contributed by atoms with Gasteiger partial charge in [0.2, 0.25) is 11.8 Å². The number of piperidine rings is 1. The van der Waals surface area contributed by atoms with Gasteiger partial charge in [-0.15, -0.1) is 0 Å². The standard InChI is InChI=1S/C21H29N5O3/c1-14(22)11-24-6-8-25(9-7-24)12-15-2-3-17-16(10-15)13-26(21(17)29)18-4-5-19(27)23-20(18)28/h2-3,10,14,18H,4-9,11-13,22H2,1H3,(H,23,27,28)/t14-,18?/m0/s1. The van der Waals surface area contributed by atoms with Crippen molar-refractivity contribution in [2.45, 2.75) is 44.9 Å². The fraction of sp³-hybridized carbons (Fsp3) is 0.571. The van der Waals surface area contributed by atoms with E-state index in [0.717, 1.165) is 44.8 Å². The first kappa shape index (κ1) is 20.0. The van der Waals surface area contributed by atoms with Crippen LogP contribution in [0.1, 0.15) is 41.3 Å². The van der Waals surface area contributed by atoms with E-state index in [9.17, 15) is 14.4 Å². The number of rotatable bonds is 5. The summed E-state index contributed by atoms with van der Waals surface area (Å²) in [5.74, 6) is -0.753. The summed E-state index contributed by atoms with van der Waals surface area (Å²) in [6, 6.07) is 5.62. The monoisotopic (exact) mass is 399 g/mol. The molecule has 2 fully saturated rings. The van der Waals surface area contributed by atoms with E-state index in [1.807, 2.05) is 19.1 Å². The van der Waals surface area contributed by atoms with Crippen LogP contribution in [0.25, 0.3) is 0 Å². The molecule has 3 aliphatic rings. The first-order valence-electron chi connectivity index (χ1n) is 10.4. The molecule has 1 aromatic rings. The third-order valence-corrected chi connectivity index (χ3v) is 6.01. The number of amides is 3. The largest absolute Gasteiger partial charge is 0.327 e. The molecule has 0 spiro atoms. The van der Waals surface area contributed by atoms with Gasteiger partial charge in [-0.25, -0.2) is 0 Å². The summed E-state index contributed by atoms with van der Waals surface area (Å²) in [6.07, 6.45) is 0.666. The van der Waals surface area contributed by atoms with Gasteiger partial charge in [-0.2, -0.15) is 0 Å². The molecule has 4 rings (SSSR count). The predicted octanol–water partition coefficient (Wildman–Crippen LogP) is -0.0876. The molecule has 8 heteroatoms. The van der Waals surface area contributed by atoms with Crippen LogP contribution in [0.2, 0.25) is 0 Å². The molecule has 1 unspecified atom stereocenters. The number of benzene rings is 1. The summed E-state index contributed by atoms with van der Waals surface area (Å²) < 4.78 is 0. The summed E-state index contributed by atoms with van der Waals surface area (Å²) in [5, 5.41) is 2.34. The van der Waals surface area contributed by atoms with Gasteiger partial charge in [-0.3, -0.25) is 29.5 Å². The molecule has 3 N–H and O–H groups in total. The lowest BCUT2D eigenvalue weighted by Crippen LogP contribution is -2.52. The quantitative estimate of drug-likeness (QED) is 0.672. The van der Waals surface area contributed by atoms with Crippen molar-refractivity contribution in [2.24, 2.45) is 5.73 Å². The van der Waals surface area contributed by atoms with Crippen LogP contribution in [0.15, 0.2) is 18.2 Å². The van der Waals surface area contributed by atoms with Crippen LogP contribution in [0, 0.1) is 0 Å². The van der Waals surface area contributed by atoms with Crippen LogP contribution in [0.5, 0.6) is 0 Å². The highest BCUT2D eigenvalue weighted by Gasteiger charge is 2.39. The Balaban J connectivity index is 1.38.